The Labute approximate surface area is 220 Å². The molecule has 1 fully saturated rings. The molecule has 2 aromatic carbocycles. The zero-order valence-corrected chi connectivity index (χ0v) is 22.1. The van der Waals surface area contributed by atoms with E-state index < -0.39 is 20.0 Å². The summed E-state index contributed by atoms with van der Waals surface area (Å²) in [6, 6.07) is 15.1. The summed E-state index contributed by atoms with van der Waals surface area (Å²) in [6.07, 6.45) is 4.45. The van der Waals surface area contributed by atoms with Crippen LogP contribution in [0.5, 0.6) is 0 Å². The highest BCUT2D eigenvalue weighted by Gasteiger charge is 2.24. The number of rotatable bonds is 6. The van der Waals surface area contributed by atoms with Gasteiger partial charge in [0.2, 0.25) is 10.0 Å². The molecule has 1 aliphatic heterocycles. The van der Waals surface area contributed by atoms with E-state index in [-0.39, 0.29) is 15.7 Å². The highest BCUT2D eigenvalue weighted by Crippen LogP contribution is 2.30. The molecule has 1 saturated heterocycles. The molecule has 4 aromatic rings. The molecule has 5 rings (SSSR count). The quantitative estimate of drug-likeness (QED) is 0.358. The van der Waals surface area contributed by atoms with Crippen molar-refractivity contribution in [1.29, 1.82) is 0 Å². The number of piperazine rings is 1. The molecule has 1 N–H and O–H groups in total. The monoisotopic (exact) mass is 558 g/mol. The molecule has 0 atom stereocenters. The second-order valence-corrected chi connectivity index (χ2v) is 12.6. The Kier molecular flexibility index (Phi) is 6.75. The summed E-state index contributed by atoms with van der Waals surface area (Å²) in [4.78, 5) is 15.5. The molecule has 37 heavy (non-hydrogen) atoms. The van der Waals surface area contributed by atoms with Gasteiger partial charge in [-0.2, -0.15) is 4.31 Å². The van der Waals surface area contributed by atoms with Crippen molar-refractivity contribution in [3.63, 3.8) is 0 Å². The van der Waals surface area contributed by atoms with E-state index in [0.717, 1.165) is 5.56 Å². The van der Waals surface area contributed by atoms with Crippen molar-refractivity contribution < 1.29 is 16.8 Å². The number of nitrogens with one attached hydrogen (secondary N) is 1. The van der Waals surface area contributed by atoms with Crippen LogP contribution in [0.2, 0.25) is 5.15 Å². The number of anilines is 2. The summed E-state index contributed by atoms with van der Waals surface area (Å²) in [6.45, 7) is 1.80. The lowest BCUT2D eigenvalue weighted by molar-refractivity contribution is 0.387. The Balaban J connectivity index is 1.42. The number of hydrogen-bond acceptors (Lipinski definition) is 8. The first-order valence-corrected chi connectivity index (χ1v) is 15.0. The smallest absolute Gasteiger partial charge is 0.261 e. The van der Waals surface area contributed by atoms with Crippen molar-refractivity contribution in [1.82, 2.24) is 19.3 Å². The molecule has 0 radical (unpaired) electrons. The average Bonchev–Trinajstić information content (AvgIpc) is 2.89. The highest BCUT2D eigenvalue weighted by molar-refractivity contribution is 7.92. The van der Waals surface area contributed by atoms with Crippen molar-refractivity contribution in [3.05, 3.63) is 72.1 Å². The van der Waals surface area contributed by atoms with Crippen molar-refractivity contribution in [2.45, 2.75) is 4.90 Å². The number of halogens is 1. The zero-order valence-electron chi connectivity index (χ0n) is 19.7. The number of fused-ring (bicyclic) bond motifs is 1. The molecular weight excluding hydrogens is 536 g/mol. The van der Waals surface area contributed by atoms with Gasteiger partial charge in [0.05, 0.1) is 34.1 Å². The summed E-state index contributed by atoms with van der Waals surface area (Å²) >= 11 is 6.21. The first kappa shape index (κ1) is 25.3. The molecule has 0 unspecified atom stereocenters. The largest absolute Gasteiger partial charge is 0.353 e. The van der Waals surface area contributed by atoms with Gasteiger partial charge >= 0.3 is 0 Å². The SMILES string of the molecule is CS(=O)(=O)N1CCN(c2cnc3ccc(-c4cnc(Cl)c(NS(=O)(=O)c5ccccc5)c4)cc3n2)CC1. The maximum Gasteiger partial charge on any atom is 0.261 e. The number of nitrogens with zero attached hydrogens (tertiary/aromatic N) is 5. The second kappa shape index (κ2) is 9.86. The number of aromatic nitrogens is 3. The summed E-state index contributed by atoms with van der Waals surface area (Å²) in [7, 11) is -7.07. The van der Waals surface area contributed by atoms with E-state index in [0.29, 0.717) is 48.6 Å². The lowest BCUT2D eigenvalue weighted by Crippen LogP contribution is -2.48. The van der Waals surface area contributed by atoms with Crippen molar-refractivity contribution >= 4 is 54.2 Å². The van der Waals surface area contributed by atoms with E-state index in [1.54, 1.807) is 36.7 Å². The van der Waals surface area contributed by atoms with E-state index in [1.165, 1.54) is 22.7 Å². The van der Waals surface area contributed by atoms with Gasteiger partial charge in [-0.05, 0) is 35.9 Å². The van der Waals surface area contributed by atoms with E-state index >= 15 is 0 Å². The molecule has 13 heteroatoms. The van der Waals surface area contributed by atoms with Crippen molar-refractivity contribution in [3.8, 4) is 11.1 Å². The minimum atomic E-state index is -3.84. The Hall–Kier alpha value is -3.32. The predicted molar refractivity (Wildman–Crippen MR) is 144 cm³/mol. The fraction of sp³-hybridized carbons (Fsp3) is 0.208. The molecule has 0 aliphatic carbocycles. The van der Waals surface area contributed by atoms with Crippen LogP contribution in [0.25, 0.3) is 22.2 Å². The van der Waals surface area contributed by atoms with Crippen LogP contribution in [-0.2, 0) is 20.0 Å². The van der Waals surface area contributed by atoms with Gasteiger partial charge in [0, 0.05) is 37.9 Å². The van der Waals surface area contributed by atoms with E-state index in [4.69, 9.17) is 16.6 Å². The summed E-state index contributed by atoms with van der Waals surface area (Å²) in [5.41, 5.74) is 2.89. The van der Waals surface area contributed by atoms with Gasteiger partial charge in [0.15, 0.2) is 5.15 Å². The Bertz CT molecular complexity index is 1680. The van der Waals surface area contributed by atoms with Crippen LogP contribution in [0.3, 0.4) is 0 Å². The van der Waals surface area contributed by atoms with Crippen LogP contribution in [0.1, 0.15) is 0 Å². The van der Waals surface area contributed by atoms with Crippen molar-refractivity contribution in [2.75, 3.05) is 42.1 Å². The van der Waals surface area contributed by atoms with E-state index in [2.05, 4.69) is 14.7 Å². The van der Waals surface area contributed by atoms with Gasteiger partial charge in [0.1, 0.15) is 5.82 Å². The number of benzene rings is 2. The van der Waals surface area contributed by atoms with Gasteiger partial charge in [0.25, 0.3) is 10.0 Å². The molecule has 10 nitrogen and oxygen atoms in total. The lowest BCUT2D eigenvalue weighted by atomic mass is 10.1. The maximum absolute atomic E-state index is 12.8. The predicted octanol–water partition coefficient (Wildman–Crippen LogP) is 3.23. The van der Waals surface area contributed by atoms with E-state index in [9.17, 15) is 16.8 Å². The van der Waals surface area contributed by atoms with Crippen LogP contribution in [0.15, 0.2) is 71.9 Å². The third-order valence-corrected chi connectivity index (χ3v) is 9.02. The molecule has 2 aromatic heterocycles. The van der Waals surface area contributed by atoms with Gasteiger partial charge in [-0.3, -0.25) is 9.71 Å². The fourth-order valence-corrected chi connectivity index (χ4v) is 6.17. The topological polar surface area (TPSA) is 125 Å². The first-order chi connectivity index (χ1) is 17.6. The molecule has 3 heterocycles. The average molecular weight is 559 g/mol. The van der Waals surface area contributed by atoms with E-state index in [1.807, 2.05) is 23.1 Å². The number of hydrogen-bond donors (Lipinski definition) is 1. The van der Waals surface area contributed by atoms with Gasteiger partial charge < -0.3 is 4.90 Å². The first-order valence-electron chi connectivity index (χ1n) is 11.3. The molecule has 0 bridgehead atoms. The number of pyridine rings is 1. The van der Waals surface area contributed by atoms with Gasteiger partial charge in [-0.25, -0.2) is 26.8 Å². The minimum Gasteiger partial charge on any atom is -0.353 e. The van der Waals surface area contributed by atoms with Crippen molar-refractivity contribution in [2.24, 2.45) is 0 Å². The number of sulfonamides is 2. The summed E-state index contributed by atoms with van der Waals surface area (Å²) in [5, 5.41) is 0.0272. The zero-order chi connectivity index (χ0) is 26.2. The Morgan fingerprint density at radius 3 is 2.27 bits per heavy atom. The molecule has 0 spiro atoms. The normalized spacial score (nSPS) is 15.1. The molecule has 0 saturated carbocycles. The lowest BCUT2D eigenvalue weighted by Gasteiger charge is -2.33. The molecule has 1 aliphatic rings. The standard InChI is InChI=1S/C24H23ClN6O4S2/c1-36(32,33)31-11-9-30(10-12-31)23-16-26-20-8-7-17(13-21(20)28-23)18-14-22(24(25)27-15-18)29-37(34,35)19-5-3-2-4-6-19/h2-8,13-16,29H,9-12H2,1H3. The van der Waals surface area contributed by atoms with Crippen LogP contribution in [0.4, 0.5) is 11.5 Å². The molecular formula is C24H23ClN6O4S2. The fourth-order valence-electron chi connectivity index (χ4n) is 4.06. The third-order valence-electron chi connectivity index (χ3n) is 6.03. The molecule has 192 valence electrons. The Morgan fingerprint density at radius 1 is 0.838 bits per heavy atom. The Morgan fingerprint density at radius 2 is 1.57 bits per heavy atom. The third kappa shape index (κ3) is 5.52. The van der Waals surface area contributed by atoms with Crippen LogP contribution in [0, 0.1) is 0 Å². The summed E-state index contributed by atoms with van der Waals surface area (Å²) in [5.74, 6) is 0.656. The maximum atomic E-state index is 12.8. The van der Waals surface area contributed by atoms with Crippen LogP contribution in [-0.4, -0.2) is 68.5 Å². The van der Waals surface area contributed by atoms with Gasteiger partial charge in [-0.15, -0.1) is 0 Å². The summed E-state index contributed by atoms with van der Waals surface area (Å²) < 4.78 is 53.1. The molecule has 0 amide bonds. The minimum absolute atomic E-state index is 0.0272. The van der Waals surface area contributed by atoms with Crippen LogP contribution < -0.4 is 9.62 Å². The van der Waals surface area contributed by atoms with Gasteiger partial charge in [-0.1, -0.05) is 35.9 Å². The second-order valence-electron chi connectivity index (χ2n) is 8.56. The van der Waals surface area contributed by atoms with Crippen LogP contribution >= 0.6 is 11.6 Å². The highest BCUT2D eigenvalue weighted by atomic mass is 35.5.